The van der Waals surface area contributed by atoms with Crippen molar-refractivity contribution in [3.8, 4) is 5.75 Å². The van der Waals surface area contributed by atoms with E-state index in [1.165, 1.54) is 42.5 Å². The summed E-state index contributed by atoms with van der Waals surface area (Å²) in [5, 5.41) is 0. The minimum absolute atomic E-state index is 0.0407. The molecule has 0 aliphatic carbocycles. The molecule has 0 saturated carbocycles. The highest BCUT2D eigenvalue weighted by Gasteiger charge is 2.37. The number of benzene rings is 4. The molecule has 186 valence electrons. The highest BCUT2D eigenvalue weighted by molar-refractivity contribution is 6.34. The van der Waals surface area contributed by atoms with Crippen LogP contribution in [0.15, 0.2) is 103 Å². The summed E-state index contributed by atoms with van der Waals surface area (Å²) in [4.78, 5) is 64.6. The van der Waals surface area contributed by atoms with Gasteiger partial charge in [0.05, 0.1) is 27.9 Å². The quantitative estimate of drug-likeness (QED) is 0.154. The second kappa shape index (κ2) is 10.3. The van der Waals surface area contributed by atoms with Gasteiger partial charge in [-0.15, -0.1) is 0 Å². The number of esters is 2. The monoisotopic (exact) mass is 505 g/mol. The molecule has 0 N–H and O–H groups in total. The molecule has 38 heavy (non-hydrogen) atoms. The Bertz CT molecular complexity index is 1580. The first kappa shape index (κ1) is 24.3. The number of para-hydroxylation sites is 1. The van der Waals surface area contributed by atoms with E-state index in [9.17, 15) is 24.0 Å². The Morgan fingerprint density at radius 1 is 0.605 bits per heavy atom. The van der Waals surface area contributed by atoms with E-state index in [-0.39, 0.29) is 33.7 Å². The molecule has 0 bridgehead atoms. The van der Waals surface area contributed by atoms with E-state index >= 15 is 0 Å². The van der Waals surface area contributed by atoms with Gasteiger partial charge in [0.15, 0.2) is 12.4 Å². The maximum atomic E-state index is 13.2. The van der Waals surface area contributed by atoms with Gasteiger partial charge < -0.3 is 9.47 Å². The molecular formula is C30H19NO7. The van der Waals surface area contributed by atoms with Crippen LogP contribution in [-0.4, -0.2) is 36.1 Å². The summed E-state index contributed by atoms with van der Waals surface area (Å²) in [6, 6.07) is 26.8. The molecule has 4 aromatic rings. The molecule has 0 fully saturated rings. The number of nitrogens with zero attached hydrogens (tertiary/aromatic N) is 1. The van der Waals surface area contributed by atoms with Crippen molar-refractivity contribution in [3.63, 3.8) is 0 Å². The number of carbonyl (C=O) groups is 5. The van der Waals surface area contributed by atoms with E-state index in [4.69, 9.17) is 9.47 Å². The van der Waals surface area contributed by atoms with Crippen molar-refractivity contribution in [1.82, 2.24) is 0 Å². The Labute approximate surface area is 217 Å². The third kappa shape index (κ3) is 4.83. The average molecular weight is 505 g/mol. The number of hydrogen-bond acceptors (Lipinski definition) is 7. The molecule has 2 amide bonds. The van der Waals surface area contributed by atoms with Gasteiger partial charge in [-0.05, 0) is 48.5 Å². The highest BCUT2D eigenvalue weighted by atomic mass is 16.5. The van der Waals surface area contributed by atoms with Crippen molar-refractivity contribution in [3.05, 3.63) is 131 Å². The summed E-state index contributed by atoms with van der Waals surface area (Å²) in [7, 11) is 0. The minimum Gasteiger partial charge on any atom is -0.454 e. The zero-order chi connectivity index (χ0) is 26.6. The van der Waals surface area contributed by atoms with Gasteiger partial charge in [0.1, 0.15) is 5.75 Å². The molecule has 0 saturated heterocycles. The number of Topliss-reactive ketones (excluding diaryl/α,β-unsaturated/α-hetero) is 1. The first-order valence-corrected chi connectivity index (χ1v) is 11.6. The van der Waals surface area contributed by atoms with Gasteiger partial charge in [-0.25, -0.2) is 14.5 Å². The fourth-order valence-electron chi connectivity index (χ4n) is 3.95. The van der Waals surface area contributed by atoms with Crippen molar-refractivity contribution in [2.75, 3.05) is 11.5 Å². The summed E-state index contributed by atoms with van der Waals surface area (Å²) in [5.41, 5.74) is 0.884. The van der Waals surface area contributed by atoms with Gasteiger partial charge in [0.2, 0.25) is 0 Å². The molecular weight excluding hydrogens is 486 g/mol. The minimum atomic E-state index is -0.779. The molecule has 0 unspecified atom stereocenters. The van der Waals surface area contributed by atoms with Gasteiger partial charge in [-0.2, -0.15) is 0 Å². The number of ether oxygens (including phenoxy) is 2. The van der Waals surface area contributed by atoms with Crippen LogP contribution in [0.5, 0.6) is 5.75 Å². The molecule has 4 aromatic carbocycles. The van der Waals surface area contributed by atoms with Crippen LogP contribution in [0, 0.1) is 0 Å². The van der Waals surface area contributed by atoms with Crippen LogP contribution >= 0.6 is 0 Å². The predicted octanol–water partition coefficient (Wildman–Crippen LogP) is 4.75. The maximum absolute atomic E-state index is 13.2. The topological polar surface area (TPSA) is 107 Å². The van der Waals surface area contributed by atoms with E-state index in [0.29, 0.717) is 11.3 Å². The largest absolute Gasteiger partial charge is 0.454 e. The molecule has 0 spiro atoms. The lowest BCUT2D eigenvalue weighted by Gasteiger charge is -2.14. The molecule has 1 heterocycles. The summed E-state index contributed by atoms with van der Waals surface area (Å²) in [6.45, 7) is -0.456. The van der Waals surface area contributed by atoms with Crippen molar-refractivity contribution < 1.29 is 33.4 Å². The number of rotatable bonds is 7. The van der Waals surface area contributed by atoms with Crippen LogP contribution in [-0.2, 0) is 4.74 Å². The number of anilines is 1. The van der Waals surface area contributed by atoms with Gasteiger partial charge in [-0.1, -0.05) is 54.6 Å². The van der Waals surface area contributed by atoms with E-state index in [1.54, 1.807) is 60.7 Å². The first-order valence-electron chi connectivity index (χ1n) is 11.6. The van der Waals surface area contributed by atoms with Crippen LogP contribution in [0.4, 0.5) is 5.69 Å². The summed E-state index contributed by atoms with van der Waals surface area (Å²) in [6.07, 6.45) is 0. The Morgan fingerprint density at radius 3 is 1.97 bits per heavy atom. The first-order chi connectivity index (χ1) is 18.4. The molecule has 8 heteroatoms. The van der Waals surface area contributed by atoms with Crippen molar-refractivity contribution in [2.45, 2.75) is 0 Å². The maximum Gasteiger partial charge on any atom is 0.343 e. The highest BCUT2D eigenvalue weighted by Crippen LogP contribution is 2.30. The zero-order valence-electron chi connectivity index (χ0n) is 19.8. The standard InChI is InChI=1S/C30H19NO7/c32-26(19-8-3-1-4-9-19)18-37-29(35)20-10-7-11-22(16-20)31-27(33)24-15-14-21(17-25(24)28(31)34)30(36)38-23-12-5-2-6-13-23/h1-17H,18H2. The Hall–Kier alpha value is -5.37. The fraction of sp³-hybridized carbons (Fsp3) is 0.0333. The second-order valence-electron chi connectivity index (χ2n) is 8.32. The molecule has 0 aromatic heterocycles. The number of ketones is 1. The van der Waals surface area contributed by atoms with Crippen LogP contribution in [0.25, 0.3) is 0 Å². The number of fused-ring (bicyclic) bond motifs is 1. The van der Waals surface area contributed by atoms with Gasteiger partial charge in [0, 0.05) is 5.56 Å². The Morgan fingerprint density at radius 2 is 1.24 bits per heavy atom. The summed E-state index contributed by atoms with van der Waals surface area (Å²) < 4.78 is 10.5. The second-order valence-corrected chi connectivity index (χ2v) is 8.32. The lowest BCUT2D eigenvalue weighted by atomic mass is 10.1. The van der Waals surface area contributed by atoms with Gasteiger partial charge >= 0.3 is 11.9 Å². The van der Waals surface area contributed by atoms with Gasteiger partial charge in [0.25, 0.3) is 11.8 Å². The lowest BCUT2D eigenvalue weighted by molar-refractivity contribution is 0.0474. The number of amides is 2. The third-order valence-electron chi connectivity index (χ3n) is 5.85. The van der Waals surface area contributed by atoms with Crippen LogP contribution in [0.2, 0.25) is 0 Å². The van der Waals surface area contributed by atoms with Crippen LogP contribution in [0.1, 0.15) is 51.8 Å². The zero-order valence-corrected chi connectivity index (χ0v) is 19.8. The number of carbonyl (C=O) groups excluding carboxylic acids is 5. The predicted molar refractivity (Wildman–Crippen MR) is 136 cm³/mol. The molecule has 0 radical (unpaired) electrons. The average Bonchev–Trinajstić information content (AvgIpc) is 3.21. The smallest absolute Gasteiger partial charge is 0.343 e. The van der Waals surface area contributed by atoms with Crippen molar-refractivity contribution in [2.24, 2.45) is 0 Å². The number of hydrogen-bond donors (Lipinski definition) is 0. The normalized spacial score (nSPS) is 12.2. The van der Waals surface area contributed by atoms with Gasteiger partial charge in [-0.3, -0.25) is 14.4 Å². The third-order valence-corrected chi connectivity index (χ3v) is 5.85. The summed E-state index contributed by atoms with van der Waals surface area (Å²) in [5.74, 6) is -2.72. The van der Waals surface area contributed by atoms with E-state index in [1.807, 2.05) is 0 Å². The van der Waals surface area contributed by atoms with E-state index in [2.05, 4.69) is 0 Å². The molecule has 1 aliphatic rings. The Balaban J connectivity index is 1.32. The lowest BCUT2D eigenvalue weighted by Crippen LogP contribution is -2.29. The SMILES string of the molecule is O=C(COC(=O)c1cccc(N2C(=O)c3ccc(C(=O)Oc4ccccc4)cc3C2=O)c1)c1ccccc1. The fourth-order valence-corrected chi connectivity index (χ4v) is 3.95. The molecule has 0 atom stereocenters. The molecule has 1 aliphatic heterocycles. The van der Waals surface area contributed by atoms with E-state index in [0.717, 1.165) is 4.90 Å². The van der Waals surface area contributed by atoms with Crippen molar-refractivity contribution >= 4 is 35.2 Å². The van der Waals surface area contributed by atoms with Crippen molar-refractivity contribution in [1.29, 1.82) is 0 Å². The molecule has 5 rings (SSSR count). The summed E-state index contributed by atoms with van der Waals surface area (Å²) >= 11 is 0. The van der Waals surface area contributed by atoms with E-state index < -0.39 is 30.4 Å². The Kier molecular flexibility index (Phi) is 6.61. The molecule has 8 nitrogen and oxygen atoms in total. The van der Waals surface area contributed by atoms with Crippen LogP contribution in [0.3, 0.4) is 0 Å². The van der Waals surface area contributed by atoms with Crippen LogP contribution < -0.4 is 9.64 Å². The number of imide groups is 1.